The van der Waals surface area contributed by atoms with Crippen LogP contribution in [0.4, 0.5) is 0 Å². The first-order chi connectivity index (χ1) is 15.6. The summed E-state index contributed by atoms with van der Waals surface area (Å²) >= 11 is -0.665. The first-order valence-corrected chi connectivity index (χ1v) is 20.9. The predicted molar refractivity (Wildman–Crippen MR) is 143 cm³/mol. The van der Waals surface area contributed by atoms with Crippen LogP contribution in [-0.2, 0) is 35.2 Å². The third kappa shape index (κ3) is 3.71. The molecule has 0 saturated heterocycles. The third-order valence-corrected chi connectivity index (χ3v) is 23.8. The topological polar surface area (TPSA) is 0 Å². The van der Waals surface area contributed by atoms with Gasteiger partial charge in [-0.15, -0.1) is 0 Å². The van der Waals surface area contributed by atoms with Crippen molar-refractivity contribution < 1.29 is 22.4 Å². The summed E-state index contributed by atoms with van der Waals surface area (Å²) < 4.78 is 0.751. The van der Waals surface area contributed by atoms with Gasteiger partial charge in [0.05, 0.1) is 0 Å². The monoisotopic (exact) mass is 528 g/mol. The zero-order chi connectivity index (χ0) is 23.7. The Kier molecular flexibility index (Phi) is 6.02. The van der Waals surface area contributed by atoms with Gasteiger partial charge in [-0.1, -0.05) is 0 Å². The number of hydrogen-bond donors (Lipinski definition) is 0. The molecule has 33 heavy (non-hydrogen) atoms. The van der Waals surface area contributed by atoms with Crippen molar-refractivity contribution >= 4 is 11.3 Å². The van der Waals surface area contributed by atoms with E-state index in [4.69, 9.17) is 0 Å². The average molecular weight is 530 g/mol. The van der Waals surface area contributed by atoms with Crippen molar-refractivity contribution in [2.45, 2.75) is 83.1 Å². The SMILES string of the molecule is CC1=Cc2c(cc3c(c2-c2ccccc2C)CCC3)[CH]1[Zr][Si](C)(C)C1C(C)=C(C)C(C)=C1C. The molecule has 1 unspecified atom stereocenters. The van der Waals surface area contributed by atoms with Crippen LogP contribution in [0.25, 0.3) is 17.2 Å². The summed E-state index contributed by atoms with van der Waals surface area (Å²) in [5.41, 5.74) is 20.0. The van der Waals surface area contributed by atoms with Gasteiger partial charge >= 0.3 is 214 Å². The third-order valence-electron chi connectivity index (χ3n) is 8.87. The second-order valence-electron chi connectivity index (χ2n) is 11.3. The van der Waals surface area contributed by atoms with Crippen LogP contribution in [0.15, 0.2) is 58.2 Å². The number of fused-ring (bicyclic) bond motifs is 2. The summed E-state index contributed by atoms with van der Waals surface area (Å²) in [6.45, 7) is 19.8. The van der Waals surface area contributed by atoms with E-state index in [1.54, 1.807) is 55.7 Å². The van der Waals surface area contributed by atoms with Crippen molar-refractivity contribution in [3.8, 4) is 11.1 Å². The van der Waals surface area contributed by atoms with Crippen LogP contribution >= 0.6 is 0 Å². The van der Waals surface area contributed by atoms with Crippen molar-refractivity contribution in [3.63, 3.8) is 0 Å². The summed E-state index contributed by atoms with van der Waals surface area (Å²) in [6.07, 6.45) is 6.43. The summed E-state index contributed by atoms with van der Waals surface area (Å²) in [5.74, 6) is 0. The Hall–Kier alpha value is -1.24. The molecule has 170 valence electrons. The molecule has 2 aromatic rings. The first-order valence-electron chi connectivity index (χ1n) is 12.7. The van der Waals surface area contributed by atoms with E-state index in [0.29, 0.717) is 0 Å². The maximum atomic E-state index is 2.73. The van der Waals surface area contributed by atoms with Crippen LogP contribution in [0.5, 0.6) is 0 Å². The van der Waals surface area contributed by atoms with E-state index in [9.17, 15) is 0 Å². The summed E-state index contributed by atoms with van der Waals surface area (Å²) in [7, 11) is 0. The average Bonchev–Trinajstić information content (AvgIpc) is 3.40. The van der Waals surface area contributed by atoms with Crippen molar-refractivity contribution in [2.24, 2.45) is 0 Å². The Bertz CT molecular complexity index is 1230. The number of hydrogen-bond acceptors (Lipinski definition) is 0. The zero-order valence-electron chi connectivity index (χ0n) is 21.7. The molecule has 2 aromatic carbocycles. The minimum absolute atomic E-state index is 0.665. The molecule has 0 aromatic heterocycles. The molecule has 0 spiro atoms. The summed E-state index contributed by atoms with van der Waals surface area (Å²) in [6, 6.07) is 11.7. The molecule has 0 bridgehead atoms. The first kappa shape index (κ1) is 23.5. The molecule has 0 radical (unpaired) electrons. The van der Waals surface area contributed by atoms with Crippen LogP contribution in [0, 0.1) is 6.92 Å². The fourth-order valence-electron chi connectivity index (χ4n) is 6.97. The fourth-order valence-corrected chi connectivity index (χ4v) is 24.4. The predicted octanol–water partition coefficient (Wildman–Crippen LogP) is 8.95. The van der Waals surface area contributed by atoms with E-state index in [1.807, 2.05) is 0 Å². The van der Waals surface area contributed by atoms with Gasteiger partial charge in [0.2, 0.25) is 0 Å². The second kappa shape index (κ2) is 8.46. The van der Waals surface area contributed by atoms with Crippen LogP contribution < -0.4 is 0 Å². The van der Waals surface area contributed by atoms with Crippen molar-refractivity contribution in [1.82, 2.24) is 0 Å². The van der Waals surface area contributed by atoms with E-state index < -0.39 is 27.6 Å². The van der Waals surface area contributed by atoms with Gasteiger partial charge in [0.15, 0.2) is 0 Å². The number of allylic oxidation sites excluding steroid dienone is 5. The van der Waals surface area contributed by atoms with E-state index in [1.165, 1.54) is 30.4 Å². The second-order valence-corrected chi connectivity index (χ2v) is 28.7. The Labute approximate surface area is 212 Å². The van der Waals surface area contributed by atoms with Gasteiger partial charge in [-0.3, -0.25) is 0 Å². The van der Waals surface area contributed by atoms with E-state index in [0.717, 1.165) is 9.17 Å². The van der Waals surface area contributed by atoms with Crippen LogP contribution in [0.1, 0.15) is 72.5 Å². The molecule has 0 N–H and O–H groups in total. The van der Waals surface area contributed by atoms with E-state index >= 15 is 0 Å². The molecule has 0 heterocycles. The molecular weight excluding hydrogens is 492 g/mol. The van der Waals surface area contributed by atoms with Gasteiger partial charge in [-0.25, -0.2) is 0 Å². The van der Waals surface area contributed by atoms with Crippen molar-refractivity contribution in [1.29, 1.82) is 0 Å². The summed E-state index contributed by atoms with van der Waals surface area (Å²) in [4.78, 5) is 0. The van der Waals surface area contributed by atoms with Crippen molar-refractivity contribution in [3.05, 3.63) is 86.0 Å². The quantitative estimate of drug-likeness (QED) is 0.347. The molecule has 0 nitrogen and oxygen atoms in total. The molecule has 0 amide bonds. The number of aryl methyl sites for hydroxylation is 2. The van der Waals surface area contributed by atoms with Gasteiger partial charge in [0.25, 0.3) is 0 Å². The van der Waals surface area contributed by atoms with E-state index in [-0.39, 0.29) is 0 Å². The van der Waals surface area contributed by atoms with Gasteiger partial charge < -0.3 is 0 Å². The van der Waals surface area contributed by atoms with Crippen LogP contribution in [0.3, 0.4) is 0 Å². The Balaban J connectivity index is 1.61. The van der Waals surface area contributed by atoms with Gasteiger partial charge in [-0.2, -0.15) is 0 Å². The molecule has 3 aliphatic rings. The van der Waals surface area contributed by atoms with Gasteiger partial charge in [0, 0.05) is 0 Å². The molecular formula is C31H38SiZr. The normalized spacial score (nSPS) is 20.5. The maximum absolute atomic E-state index is 2.73. The van der Waals surface area contributed by atoms with Gasteiger partial charge in [-0.05, 0) is 0 Å². The molecule has 0 saturated carbocycles. The Morgan fingerprint density at radius 1 is 0.879 bits per heavy atom. The van der Waals surface area contributed by atoms with Crippen LogP contribution in [-0.4, -0.2) is 5.20 Å². The molecule has 3 aliphatic carbocycles. The molecule has 0 fully saturated rings. The molecule has 1 atom stereocenters. The standard InChI is InChI=1S/C20H19.C11H19Si.Zr/c1-13-10-16-12-15-7-5-9-18(15)20(19(16)11-13)17-8-4-3-6-14(17)2;1-7-8(2)10(4)11(9(7)3)12(5)6;/h3-4,6,8,10-12H,5,7,9H2,1-2H3;11H,1-6H3;. The number of benzene rings is 2. The van der Waals surface area contributed by atoms with Crippen LogP contribution in [0.2, 0.25) is 18.6 Å². The Morgan fingerprint density at radius 3 is 2.21 bits per heavy atom. The number of rotatable bonds is 4. The molecule has 5 rings (SSSR count). The van der Waals surface area contributed by atoms with Crippen molar-refractivity contribution in [2.75, 3.05) is 0 Å². The molecule has 0 aliphatic heterocycles. The summed E-state index contributed by atoms with van der Waals surface area (Å²) in [5, 5.41) is -1.38. The van der Waals surface area contributed by atoms with E-state index in [2.05, 4.69) is 91.0 Å². The van der Waals surface area contributed by atoms with Gasteiger partial charge in [0.1, 0.15) is 0 Å². The molecule has 2 heteroatoms. The Morgan fingerprint density at radius 2 is 1.55 bits per heavy atom. The zero-order valence-corrected chi connectivity index (χ0v) is 25.2. The fraction of sp³-hybridized carbons (Fsp3) is 0.419. The minimum atomic E-state index is -1.38.